The highest BCUT2D eigenvalue weighted by atomic mass is 32.1. The molecule has 3 heterocycles. The minimum absolute atomic E-state index is 0.00176. The summed E-state index contributed by atoms with van der Waals surface area (Å²) in [5.41, 5.74) is 3.89. The molecular weight excluding hydrogens is 312 g/mol. The summed E-state index contributed by atoms with van der Waals surface area (Å²) in [5, 5.41) is 9.26. The van der Waals surface area contributed by atoms with Crippen LogP contribution < -0.4 is 5.32 Å². The summed E-state index contributed by atoms with van der Waals surface area (Å²) in [6.07, 6.45) is 0.499. The van der Waals surface area contributed by atoms with Crippen LogP contribution >= 0.6 is 11.3 Å². The van der Waals surface area contributed by atoms with E-state index in [0.717, 1.165) is 39.1 Å². The van der Waals surface area contributed by atoms with Gasteiger partial charge in [0, 0.05) is 24.9 Å². The number of hydrogen-bond donors (Lipinski definition) is 1. The Morgan fingerprint density at radius 3 is 2.61 bits per heavy atom. The number of amides is 1. The van der Waals surface area contributed by atoms with Crippen molar-refractivity contribution in [2.45, 2.75) is 40.2 Å². The van der Waals surface area contributed by atoms with Gasteiger partial charge in [0.2, 0.25) is 5.91 Å². The molecule has 1 amide bonds. The standard InChI is InChI=1S/C16H22N4O2S/c1-8-13(10(3)20(5)19-8)14-12(6-7-22-14)15(21)18-16-9(2)17-11(4)23-16/h12,14H,6-7H2,1-5H3,(H,18,21)/t12-,14-/m0/s1. The molecule has 0 bridgehead atoms. The summed E-state index contributed by atoms with van der Waals surface area (Å²) < 4.78 is 7.74. The van der Waals surface area contributed by atoms with Crippen molar-refractivity contribution >= 4 is 22.2 Å². The maximum absolute atomic E-state index is 12.7. The van der Waals surface area contributed by atoms with Gasteiger partial charge < -0.3 is 10.1 Å². The van der Waals surface area contributed by atoms with Crippen LogP contribution in [0.4, 0.5) is 5.00 Å². The molecule has 0 aromatic carbocycles. The smallest absolute Gasteiger partial charge is 0.231 e. The Morgan fingerprint density at radius 2 is 2.04 bits per heavy atom. The van der Waals surface area contributed by atoms with Crippen molar-refractivity contribution in [1.82, 2.24) is 14.8 Å². The number of aromatic nitrogens is 3. The average Bonchev–Trinajstić information content (AvgIpc) is 3.11. The highest BCUT2D eigenvalue weighted by Gasteiger charge is 2.38. The van der Waals surface area contributed by atoms with Crippen molar-refractivity contribution in [3.8, 4) is 0 Å². The number of hydrogen-bond acceptors (Lipinski definition) is 5. The number of carbonyl (C=O) groups is 1. The lowest BCUT2D eigenvalue weighted by Gasteiger charge is -2.18. The lowest BCUT2D eigenvalue weighted by molar-refractivity contribution is -0.121. The van der Waals surface area contributed by atoms with Crippen LogP contribution in [0.2, 0.25) is 0 Å². The minimum Gasteiger partial charge on any atom is -0.373 e. The fraction of sp³-hybridized carbons (Fsp3) is 0.562. The molecule has 0 saturated carbocycles. The van der Waals surface area contributed by atoms with E-state index in [1.165, 1.54) is 11.3 Å². The number of ether oxygens (including phenoxy) is 1. The number of aryl methyl sites for hydroxylation is 4. The molecular formula is C16H22N4O2S. The summed E-state index contributed by atoms with van der Waals surface area (Å²) in [4.78, 5) is 17.1. The topological polar surface area (TPSA) is 69.0 Å². The van der Waals surface area contributed by atoms with Gasteiger partial charge in [-0.15, -0.1) is 11.3 Å². The monoisotopic (exact) mass is 334 g/mol. The van der Waals surface area contributed by atoms with E-state index in [2.05, 4.69) is 15.4 Å². The van der Waals surface area contributed by atoms with E-state index >= 15 is 0 Å². The number of rotatable bonds is 3. The molecule has 124 valence electrons. The van der Waals surface area contributed by atoms with Crippen molar-refractivity contribution in [1.29, 1.82) is 0 Å². The molecule has 0 radical (unpaired) electrons. The second-order valence-electron chi connectivity index (χ2n) is 6.03. The summed E-state index contributed by atoms with van der Waals surface area (Å²) in [5.74, 6) is -0.194. The van der Waals surface area contributed by atoms with E-state index in [9.17, 15) is 4.79 Å². The Labute approximate surface area is 139 Å². The van der Waals surface area contributed by atoms with Crippen LogP contribution in [0.25, 0.3) is 0 Å². The van der Waals surface area contributed by atoms with E-state index < -0.39 is 0 Å². The maximum atomic E-state index is 12.7. The van der Waals surface area contributed by atoms with Crippen LogP contribution in [0.15, 0.2) is 0 Å². The zero-order valence-corrected chi connectivity index (χ0v) is 15.0. The Hall–Kier alpha value is -1.73. The van der Waals surface area contributed by atoms with E-state index in [0.29, 0.717) is 6.61 Å². The van der Waals surface area contributed by atoms with Gasteiger partial charge in [0.25, 0.3) is 0 Å². The molecule has 2 aromatic rings. The molecule has 0 unspecified atom stereocenters. The maximum Gasteiger partial charge on any atom is 0.231 e. The summed E-state index contributed by atoms with van der Waals surface area (Å²) in [6, 6.07) is 0. The van der Waals surface area contributed by atoms with Gasteiger partial charge in [0.1, 0.15) is 5.00 Å². The molecule has 3 rings (SSSR count). The number of anilines is 1. The SMILES string of the molecule is Cc1nc(C)c(NC(=O)[C@H]2CCO[C@@H]2c2c(C)nn(C)c2C)s1. The van der Waals surface area contributed by atoms with Crippen LogP contribution in [0.5, 0.6) is 0 Å². The molecule has 0 spiro atoms. The van der Waals surface area contributed by atoms with Crippen molar-refractivity contribution < 1.29 is 9.53 Å². The van der Waals surface area contributed by atoms with Crippen molar-refractivity contribution in [3.63, 3.8) is 0 Å². The molecule has 2 aromatic heterocycles. The quantitative estimate of drug-likeness (QED) is 0.937. The fourth-order valence-corrected chi connectivity index (χ4v) is 4.02. The Morgan fingerprint density at radius 1 is 1.30 bits per heavy atom. The Balaban J connectivity index is 1.84. The highest BCUT2D eigenvalue weighted by molar-refractivity contribution is 7.16. The van der Waals surface area contributed by atoms with Gasteiger partial charge in [0.15, 0.2) is 0 Å². The first-order valence-corrected chi connectivity index (χ1v) is 8.56. The number of thiazole rings is 1. The molecule has 1 fully saturated rings. The van der Waals surface area contributed by atoms with E-state index in [1.54, 1.807) is 0 Å². The molecule has 0 aliphatic carbocycles. The fourth-order valence-electron chi connectivity index (χ4n) is 3.20. The zero-order valence-electron chi connectivity index (χ0n) is 14.1. The van der Waals surface area contributed by atoms with Crippen molar-refractivity contribution in [3.05, 3.63) is 27.7 Å². The third-order valence-electron chi connectivity index (χ3n) is 4.42. The van der Waals surface area contributed by atoms with Gasteiger partial charge in [-0.1, -0.05) is 0 Å². The molecule has 7 heteroatoms. The van der Waals surface area contributed by atoms with Crippen LogP contribution in [0.1, 0.15) is 40.2 Å². The average molecular weight is 334 g/mol. The molecule has 1 aliphatic heterocycles. The van der Waals surface area contributed by atoms with Gasteiger partial charge in [-0.2, -0.15) is 5.10 Å². The van der Waals surface area contributed by atoms with Crippen molar-refractivity contribution in [2.24, 2.45) is 13.0 Å². The zero-order chi connectivity index (χ0) is 16.7. The second kappa shape index (κ2) is 6.05. The Bertz CT molecular complexity index is 750. The number of carbonyl (C=O) groups excluding carboxylic acids is 1. The number of nitrogens with zero attached hydrogens (tertiary/aromatic N) is 3. The third kappa shape index (κ3) is 2.90. The Kier molecular flexibility index (Phi) is 4.25. The lowest BCUT2D eigenvalue weighted by atomic mass is 9.93. The van der Waals surface area contributed by atoms with Gasteiger partial charge in [-0.3, -0.25) is 9.48 Å². The summed E-state index contributed by atoms with van der Waals surface area (Å²) in [7, 11) is 1.92. The highest BCUT2D eigenvalue weighted by Crippen LogP contribution is 2.38. The molecule has 1 aliphatic rings. The van der Waals surface area contributed by atoms with Crippen molar-refractivity contribution in [2.75, 3.05) is 11.9 Å². The lowest BCUT2D eigenvalue weighted by Crippen LogP contribution is -2.25. The normalized spacial score (nSPS) is 20.9. The van der Waals surface area contributed by atoms with E-state index in [1.807, 2.05) is 39.4 Å². The van der Waals surface area contributed by atoms with E-state index in [-0.39, 0.29) is 17.9 Å². The molecule has 1 saturated heterocycles. The van der Waals surface area contributed by atoms with Gasteiger partial charge in [-0.25, -0.2) is 4.98 Å². The first-order chi connectivity index (χ1) is 10.9. The summed E-state index contributed by atoms with van der Waals surface area (Å²) in [6.45, 7) is 8.43. The van der Waals surface area contributed by atoms with Gasteiger partial charge in [0.05, 0.1) is 28.4 Å². The van der Waals surface area contributed by atoms with Crippen LogP contribution in [-0.4, -0.2) is 27.3 Å². The van der Waals surface area contributed by atoms with Crippen LogP contribution in [0, 0.1) is 33.6 Å². The van der Waals surface area contributed by atoms with Crippen LogP contribution in [-0.2, 0) is 16.6 Å². The first kappa shape index (κ1) is 16.1. The van der Waals surface area contributed by atoms with Gasteiger partial charge >= 0.3 is 0 Å². The molecule has 1 N–H and O–H groups in total. The predicted molar refractivity (Wildman–Crippen MR) is 89.7 cm³/mol. The predicted octanol–water partition coefficient (Wildman–Crippen LogP) is 2.83. The minimum atomic E-state index is -0.224. The van der Waals surface area contributed by atoms with Crippen LogP contribution in [0.3, 0.4) is 0 Å². The third-order valence-corrected chi connectivity index (χ3v) is 5.41. The second-order valence-corrected chi connectivity index (χ2v) is 7.23. The molecule has 23 heavy (non-hydrogen) atoms. The first-order valence-electron chi connectivity index (χ1n) is 7.75. The molecule has 2 atom stereocenters. The largest absolute Gasteiger partial charge is 0.373 e. The van der Waals surface area contributed by atoms with Gasteiger partial charge in [-0.05, 0) is 34.1 Å². The number of nitrogens with one attached hydrogen (secondary N) is 1. The summed E-state index contributed by atoms with van der Waals surface area (Å²) >= 11 is 1.51. The van der Waals surface area contributed by atoms with E-state index in [4.69, 9.17) is 4.74 Å². The molecule has 6 nitrogen and oxygen atoms in total.